The zero-order valence-electron chi connectivity index (χ0n) is 9.29. The molecule has 2 rings (SSSR count). The minimum Gasteiger partial charge on any atom is -0.323 e. The van der Waals surface area contributed by atoms with Crippen molar-refractivity contribution in [1.29, 1.82) is 0 Å². The first-order chi connectivity index (χ1) is 6.61. The van der Waals surface area contributed by atoms with Crippen LogP contribution in [0.15, 0.2) is 0 Å². The first-order valence-corrected chi connectivity index (χ1v) is 5.66. The van der Waals surface area contributed by atoms with E-state index in [1.807, 2.05) is 0 Å². The number of carbonyl (C=O) groups is 1. The van der Waals surface area contributed by atoms with E-state index in [2.05, 4.69) is 31.0 Å². The normalized spacial score (nSPS) is 43.6. The fourth-order valence-corrected chi connectivity index (χ4v) is 2.84. The molecule has 0 aromatic rings. The van der Waals surface area contributed by atoms with Gasteiger partial charge in [-0.1, -0.05) is 13.8 Å². The molecule has 1 aliphatic heterocycles. The molecule has 1 amide bonds. The molecule has 14 heavy (non-hydrogen) atoms. The summed E-state index contributed by atoms with van der Waals surface area (Å²) in [5.41, 5.74) is 0. The molecular weight excluding hydrogens is 176 g/mol. The van der Waals surface area contributed by atoms with Crippen LogP contribution in [0.4, 0.5) is 0 Å². The van der Waals surface area contributed by atoms with Gasteiger partial charge >= 0.3 is 0 Å². The molecule has 0 aromatic carbocycles. The van der Waals surface area contributed by atoms with Crippen LogP contribution in [-0.4, -0.2) is 29.6 Å². The van der Waals surface area contributed by atoms with Gasteiger partial charge in [-0.2, -0.15) is 0 Å². The molecule has 0 spiro atoms. The molecule has 4 unspecified atom stereocenters. The number of carbonyl (C=O) groups excluding carboxylic acids is 1. The van der Waals surface area contributed by atoms with Crippen LogP contribution < -0.4 is 5.32 Å². The summed E-state index contributed by atoms with van der Waals surface area (Å²) < 4.78 is 0. The van der Waals surface area contributed by atoms with E-state index in [0.29, 0.717) is 18.5 Å². The minimum absolute atomic E-state index is 0.236. The van der Waals surface area contributed by atoms with Crippen LogP contribution in [-0.2, 0) is 4.79 Å². The van der Waals surface area contributed by atoms with Gasteiger partial charge in [0.1, 0.15) is 0 Å². The Hall–Kier alpha value is -0.570. The Morgan fingerprint density at radius 3 is 2.43 bits per heavy atom. The second kappa shape index (κ2) is 3.54. The minimum atomic E-state index is 0.236. The van der Waals surface area contributed by atoms with Crippen LogP contribution in [0.1, 0.15) is 33.6 Å². The Morgan fingerprint density at radius 1 is 1.29 bits per heavy atom. The standard InChI is InChI=1S/C11H20N2O/c1-7-4-5-10(8(7)2)13-9(3)12-6-11(13)14/h7-10,12H,4-6H2,1-3H3. The smallest absolute Gasteiger partial charge is 0.238 e. The lowest BCUT2D eigenvalue weighted by molar-refractivity contribution is -0.130. The van der Waals surface area contributed by atoms with E-state index in [0.717, 1.165) is 5.92 Å². The van der Waals surface area contributed by atoms with E-state index >= 15 is 0 Å². The number of rotatable bonds is 1. The molecule has 80 valence electrons. The number of hydrogen-bond donors (Lipinski definition) is 1. The van der Waals surface area contributed by atoms with E-state index in [4.69, 9.17) is 0 Å². The van der Waals surface area contributed by atoms with E-state index in [1.54, 1.807) is 0 Å². The second-order valence-electron chi connectivity index (χ2n) is 4.84. The summed E-state index contributed by atoms with van der Waals surface area (Å²) in [5, 5.41) is 3.21. The van der Waals surface area contributed by atoms with E-state index in [-0.39, 0.29) is 12.1 Å². The maximum atomic E-state index is 11.7. The van der Waals surface area contributed by atoms with Crippen molar-refractivity contribution in [3.63, 3.8) is 0 Å². The summed E-state index contributed by atoms with van der Waals surface area (Å²) in [5.74, 6) is 1.70. The van der Waals surface area contributed by atoms with Crippen LogP contribution in [0.25, 0.3) is 0 Å². The van der Waals surface area contributed by atoms with Gasteiger partial charge in [-0.15, -0.1) is 0 Å². The van der Waals surface area contributed by atoms with Crippen LogP contribution in [0.2, 0.25) is 0 Å². The van der Waals surface area contributed by atoms with Gasteiger partial charge in [0.05, 0.1) is 12.7 Å². The highest BCUT2D eigenvalue weighted by Gasteiger charge is 2.40. The molecule has 1 saturated carbocycles. The molecule has 4 atom stereocenters. The van der Waals surface area contributed by atoms with Crippen LogP contribution >= 0.6 is 0 Å². The van der Waals surface area contributed by atoms with E-state index in [1.165, 1.54) is 12.8 Å². The lowest BCUT2D eigenvalue weighted by Crippen LogP contribution is -2.44. The molecule has 1 aliphatic carbocycles. The van der Waals surface area contributed by atoms with Gasteiger partial charge in [0.25, 0.3) is 0 Å². The summed E-state index contributed by atoms with van der Waals surface area (Å²) in [6.07, 6.45) is 2.68. The molecule has 0 radical (unpaired) electrons. The van der Waals surface area contributed by atoms with Gasteiger partial charge in [0.15, 0.2) is 0 Å². The summed E-state index contributed by atoms with van der Waals surface area (Å²) in [6.45, 7) is 7.18. The number of nitrogens with one attached hydrogen (secondary N) is 1. The van der Waals surface area contributed by atoms with E-state index in [9.17, 15) is 4.79 Å². The van der Waals surface area contributed by atoms with Gasteiger partial charge in [-0.05, 0) is 31.6 Å². The predicted molar refractivity (Wildman–Crippen MR) is 55.7 cm³/mol. The topological polar surface area (TPSA) is 32.3 Å². The first kappa shape index (κ1) is 9.97. The largest absolute Gasteiger partial charge is 0.323 e. The van der Waals surface area contributed by atoms with Crippen LogP contribution in [0.3, 0.4) is 0 Å². The van der Waals surface area contributed by atoms with Crippen molar-refractivity contribution in [1.82, 2.24) is 10.2 Å². The Labute approximate surface area is 85.8 Å². The monoisotopic (exact) mass is 196 g/mol. The SMILES string of the molecule is CC1CCC(N2C(=O)CNC2C)C1C. The zero-order chi connectivity index (χ0) is 10.3. The molecule has 2 aliphatic rings. The molecule has 1 heterocycles. The maximum Gasteiger partial charge on any atom is 0.238 e. The molecule has 3 heteroatoms. The lowest BCUT2D eigenvalue weighted by atomic mass is 9.97. The summed E-state index contributed by atoms with van der Waals surface area (Å²) in [4.78, 5) is 13.8. The average Bonchev–Trinajstić information content (AvgIpc) is 2.62. The molecule has 2 fully saturated rings. The molecule has 1 N–H and O–H groups in total. The number of amides is 1. The van der Waals surface area contributed by atoms with Crippen molar-refractivity contribution in [2.75, 3.05) is 6.54 Å². The van der Waals surface area contributed by atoms with Gasteiger partial charge < -0.3 is 4.90 Å². The summed E-state index contributed by atoms with van der Waals surface area (Å²) in [6, 6.07) is 0.475. The highest BCUT2D eigenvalue weighted by molar-refractivity contribution is 5.81. The van der Waals surface area contributed by atoms with Gasteiger partial charge in [0.2, 0.25) is 5.91 Å². The maximum absolute atomic E-state index is 11.7. The van der Waals surface area contributed by atoms with Crippen molar-refractivity contribution < 1.29 is 4.79 Å². The first-order valence-electron chi connectivity index (χ1n) is 5.66. The third-order valence-electron chi connectivity index (χ3n) is 4.03. The van der Waals surface area contributed by atoms with Gasteiger partial charge in [-0.25, -0.2) is 0 Å². The lowest BCUT2D eigenvalue weighted by Gasteiger charge is -2.31. The number of hydrogen-bond acceptors (Lipinski definition) is 2. The zero-order valence-corrected chi connectivity index (χ0v) is 9.29. The molecule has 3 nitrogen and oxygen atoms in total. The highest BCUT2D eigenvalue weighted by Crippen LogP contribution is 2.35. The third kappa shape index (κ3) is 1.44. The van der Waals surface area contributed by atoms with Gasteiger partial charge in [0, 0.05) is 6.04 Å². The van der Waals surface area contributed by atoms with Crippen molar-refractivity contribution in [3.05, 3.63) is 0 Å². The Morgan fingerprint density at radius 2 is 2.00 bits per heavy atom. The third-order valence-corrected chi connectivity index (χ3v) is 4.03. The van der Waals surface area contributed by atoms with Crippen LogP contribution in [0, 0.1) is 11.8 Å². The fraction of sp³-hybridized carbons (Fsp3) is 0.909. The molecular formula is C11H20N2O. The highest BCUT2D eigenvalue weighted by atomic mass is 16.2. The Kier molecular flexibility index (Phi) is 2.52. The van der Waals surface area contributed by atoms with Crippen molar-refractivity contribution in [3.8, 4) is 0 Å². The Balaban J connectivity index is 2.11. The van der Waals surface area contributed by atoms with E-state index < -0.39 is 0 Å². The van der Waals surface area contributed by atoms with Crippen LogP contribution in [0.5, 0.6) is 0 Å². The summed E-state index contributed by atoms with van der Waals surface area (Å²) >= 11 is 0. The quantitative estimate of drug-likeness (QED) is 0.683. The second-order valence-corrected chi connectivity index (χ2v) is 4.84. The molecule has 0 bridgehead atoms. The predicted octanol–water partition coefficient (Wildman–Crippen LogP) is 1.20. The van der Waals surface area contributed by atoms with Crippen molar-refractivity contribution in [2.45, 2.75) is 45.8 Å². The molecule has 0 aromatic heterocycles. The summed E-state index contributed by atoms with van der Waals surface area (Å²) in [7, 11) is 0. The van der Waals surface area contributed by atoms with Gasteiger partial charge in [-0.3, -0.25) is 10.1 Å². The molecule has 1 saturated heterocycles. The number of nitrogens with zero attached hydrogens (tertiary/aromatic N) is 1. The van der Waals surface area contributed by atoms with Crippen molar-refractivity contribution >= 4 is 5.91 Å². The Bertz CT molecular complexity index is 241. The average molecular weight is 196 g/mol. The van der Waals surface area contributed by atoms with Crippen molar-refractivity contribution in [2.24, 2.45) is 11.8 Å². The fourth-order valence-electron chi connectivity index (χ4n) is 2.84.